The maximum absolute atomic E-state index is 8.66. The van der Waals surface area contributed by atoms with E-state index in [1.807, 2.05) is 47.0 Å². The first-order valence-electron chi connectivity index (χ1n) is 16.1. The van der Waals surface area contributed by atoms with Crippen LogP contribution in [0.3, 0.4) is 0 Å². The van der Waals surface area contributed by atoms with Gasteiger partial charge in [-0.05, 0) is 68.1 Å². The largest absolute Gasteiger partial charge is 0.292 e. The first kappa shape index (κ1) is 18.8. The zero-order chi connectivity index (χ0) is 31.5. The number of fused-ring (bicyclic) bond motifs is 3. The van der Waals surface area contributed by atoms with Crippen molar-refractivity contribution in [1.82, 2.24) is 9.55 Å². The number of hydrogen-bond donors (Lipinski definition) is 0. The van der Waals surface area contributed by atoms with E-state index in [4.69, 9.17) is 11.8 Å². The lowest BCUT2D eigenvalue weighted by Gasteiger charge is -2.18. The van der Waals surface area contributed by atoms with E-state index in [-0.39, 0.29) is 29.7 Å². The third-order valence-corrected chi connectivity index (χ3v) is 7.69. The number of nitrogens with zero attached hydrogens (tertiary/aromatic N) is 2. The van der Waals surface area contributed by atoms with Gasteiger partial charge < -0.3 is 0 Å². The molecule has 192 valence electrons. The van der Waals surface area contributed by atoms with Gasteiger partial charge in [-0.1, -0.05) is 133 Å². The van der Waals surface area contributed by atoms with Crippen LogP contribution in [-0.4, -0.2) is 9.55 Å². The van der Waals surface area contributed by atoms with E-state index in [2.05, 4.69) is 84.9 Å². The predicted octanol–water partition coefficient (Wildman–Crippen LogP) is 10.3. The summed E-state index contributed by atoms with van der Waals surface area (Å²) in [6.07, 6.45) is 0. The van der Waals surface area contributed by atoms with Crippen LogP contribution in [0.5, 0.6) is 0 Å². The molecular formula is C39H26N2. The molecule has 1 heterocycles. The quantitative estimate of drug-likeness (QED) is 0.208. The maximum atomic E-state index is 8.66. The third-order valence-electron chi connectivity index (χ3n) is 7.69. The van der Waals surface area contributed by atoms with Crippen LogP contribution in [0.4, 0.5) is 0 Å². The van der Waals surface area contributed by atoms with Crippen molar-refractivity contribution in [2.75, 3.05) is 0 Å². The first-order chi connectivity index (χ1) is 22.4. The molecule has 0 saturated carbocycles. The van der Waals surface area contributed by atoms with Crippen molar-refractivity contribution < 1.29 is 6.85 Å². The average Bonchev–Trinajstić information content (AvgIpc) is 3.48. The molecule has 8 aromatic rings. The molecule has 1 aromatic heterocycles. The molecule has 8 rings (SSSR count). The molecule has 0 aliphatic heterocycles. The highest BCUT2D eigenvalue weighted by Gasteiger charge is 2.18. The van der Waals surface area contributed by atoms with Crippen molar-refractivity contribution in [2.24, 2.45) is 0 Å². The topological polar surface area (TPSA) is 17.8 Å². The van der Waals surface area contributed by atoms with Crippen LogP contribution in [0.2, 0.25) is 0 Å². The summed E-state index contributed by atoms with van der Waals surface area (Å²) in [7, 11) is 0. The fourth-order valence-electron chi connectivity index (χ4n) is 5.95. The lowest BCUT2D eigenvalue weighted by molar-refractivity contribution is 1.10. The second-order valence-corrected chi connectivity index (χ2v) is 10.0. The molecule has 2 nitrogen and oxygen atoms in total. The molecule has 7 aromatic carbocycles. The zero-order valence-corrected chi connectivity index (χ0v) is 22.0. The van der Waals surface area contributed by atoms with Crippen LogP contribution >= 0.6 is 0 Å². The number of benzene rings is 7. The van der Waals surface area contributed by atoms with Crippen molar-refractivity contribution in [3.63, 3.8) is 0 Å². The normalized spacial score (nSPS) is 13.1. The molecule has 0 atom stereocenters. The lowest BCUT2D eigenvalue weighted by atomic mass is 9.86. The minimum atomic E-state index is -0.427. The van der Waals surface area contributed by atoms with Crippen LogP contribution < -0.4 is 0 Å². The Bertz CT molecular complexity index is 2380. The third kappa shape index (κ3) is 3.84. The summed E-state index contributed by atoms with van der Waals surface area (Å²) < 4.78 is 43.8. The van der Waals surface area contributed by atoms with Gasteiger partial charge in [-0.15, -0.1) is 0 Å². The maximum Gasteiger partial charge on any atom is 0.145 e. The highest BCUT2D eigenvalue weighted by atomic mass is 15.1. The predicted molar refractivity (Wildman–Crippen MR) is 172 cm³/mol. The van der Waals surface area contributed by atoms with E-state index in [1.165, 1.54) is 21.9 Å². The van der Waals surface area contributed by atoms with Gasteiger partial charge in [-0.25, -0.2) is 4.98 Å². The Morgan fingerprint density at radius 2 is 0.976 bits per heavy atom. The molecule has 0 saturated heterocycles. The summed E-state index contributed by atoms with van der Waals surface area (Å²) in [5.41, 5.74) is 6.85. The van der Waals surface area contributed by atoms with Crippen molar-refractivity contribution in [1.29, 1.82) is 0 Å². The van der Waals surface area contributed by atoms with Crippen molar-refractivity contribution in [3.05, 3.63) is 158 Å². The van der Waals surface area contributed by atoms with Gasteiger partial charge >= 0.3 is 0 Å². The summed E-state index contributed by atoms with van der Waals surface area (Å²) in [4.78, 5) is 4.79. The number of rotatable bonds is 4. The summed E-state index contributed by atoms with van der Waals surface area (Å²) in [6, 6.07) is 41.6. The van der Waals surface area contributed by atoms with Crippen LogP contribution in [0.1, 0.15) is 6.85 Å². The molecule has 0 N–H and O–H groups in total. The number of para-hydroxylation sites is 2. The van der Waals surface area contributed by atoms with Crippen LogP contribution in [0.15, 0.2) is 158 Å². The van der Waals surface area contributed by atoms with E-state index in [0.29, 0.717) is 11.3 Å². The Labute approximate surface area is 245 Å². The molecule has 0 spiro atoms. The Morgan fingerprint density at radius 3 is 1.59 bits per heavy atom. The molecule has 0 aliphatic carbocycles. The van der Waals surface area contributed by atoms with Crippen LogP contribution in [-0.2, 0) is 0 Å². The van der Waals surface area contributed by atoms with Crippen molar-refractivity contribution >= 4 is 32.6 Å². The summed E-state index contributed by atoms with van der Waals surface area (Å²) in [5, 5.41) is 4.66. The van der Waals surface area contributed by atoms with Crippen LogP contribution in [0.25, 0.3) is 71.9 Å². The fourth-order valence-corrected chi connectivity index (χ4v) is 5.95. The molecular weight excluding hydrogens is 496 g/mol. The van der Waals surface area contributed by atoms with Gasteiger partial charge in [0.05, 0.1) is 17.9 Å². The molecule has 0 bridgehead atoms. The second-order valence-electron chi connectivity index (χ2n) is 10.0. The van der Waals surface area contributed by atoms with Gasteiger partial charge in [-0.2, -0.15) is 0 Å². The monoisotopic (exact) mass is 527 g/mol. The smallest absolute Gasteiger partial charge is 0.145 e. The SMILES string of the molecule is [2H]c1c([2H])c([2H])c(-c2nc3ccccc3n2-c2ccc(-c3c4ccccc4c(-c4ccccc4)c4ccccc34)cc2)c([2H])c1[2H]. The minimum Gasteiger partial charge on any atom is -0.292 e. The number of aromatic nitrogens is 2. The number of imidazole rings is 1. The Balaban J connectivity index is 1.36. The van der Waals surface area contributed by atoms with E-state index < -0.39 is 6.04 Å². The van der Waals surface area contributed by atoms with E-state index >= 15 is 0 Å². The standard InChI is InChI=1S/C39H26N2/c1-3-13-27(14-4-1)37-31-17-7-9-19-33(31)38(34-20-10-8-18-32(34)37)28-23-25-30(26-24-28)41-36-22-12-11-21-35(36)40-39(41)29-15-5-2-6-16-29/h1-26H/i2D,5D,6D,15D,16D. The molecule has 0 unspecified atom stereocenters. The van der Waals surface area contributed by atoms with E-state index in [1.54, 1.807) is 0 Å². The lowest BCUT2D eigenvalue weighted by Crippen LogP contribution is -1.97. The molecule has 41 heavy (non-hydrogen) atoms. The summed E-state index contributed by atoms with van der Waals surface area (Å²) in [6.45, 7) is 0. The van der Waals surface area contributed by atoms with Gasteiger partial charge in [-0.3, -0.25) is 4.57 Å². The molecule has 0 aliphatic rings. The molecule has 0 amide bonds. The molecule has 2 heteroatoms. The summed E-state index contributed by atoms with van der Waals surface area (Å²) in [5.74, 6) is 0.300. The van der Waals surface area contributed by atoms with Gasteiger partial charge in [0.25, 0.3) is 0 Å². The highest BCUT2D eigenvalue weighted by Crippen LogP contribution is 2.43. The fraction of sp³-hybridized carbons (Fsp3) is 0. The van der Waals surface area contributed by atoms with E-state index in [0.717, 1.165) is 33.1 Å². The first-order valence-corrected chi connectivity index (χ1v) is 13.6. The number of hydrogen-bond acceptors (Lipinski definition) is 1. The van der Waals surface area contributed by atoms with Crippen molar-refractivity contribution in [2.45, 2.75) is 0 Å². The minimum absolute atomic E-state index is 0.0692. The van der Waals surface area contributed by atoms with Gasteiger partial charge in [0, 0.05) is 11.3 Å². The van der Waals surface area contributed by atoms with Crippen molar-refractivity contribution in [3.8, 4) is 39.3 Å². The second kappa shape index (κ2) is 9.62. The Kier molecular flexibility index (Phi) is 4.40. The average molecular weight is 528 g/mol. The van der Waals surface area contributed by atoms with Gasteiger partial charge in [0.1, 0.15) is 5.82 Å². The Hall–Kier alpha value is -5.47. The molecule has 0 fully saturated rings. The zero-order valence-electron chi connectivity index (χ0n) is 27.0. The highest BCUT2D eigenvalue weighted by molar-refractivity contribution is 6.21. The van der Waals surface area contributed by atoms with Gasteiger partial charge in [0.15, 0.2) is 0 Å². The Morgan fingerprint density at radius 1 is 0.463 bits per heavy atom. The molecule has 0 radical (unpaired) electrons. The van der Waals surface area contributed by atoms with Gasteiger partial charge in [0.2, 0.25) is 0 Å². The van der Waals surface area contributed by atoms with Crippen LogP contribution in [0, 0.1) is 0 Å². The van der Waals surface area contributed by atoms with E-state index in [9.17, 15) is 0 Å². The summed E-state index contributed by atoms with van der Waals surface area (Å²) >= 11 is 0.